The molecule has 1 atom stereocenters. The lowest BCUT2D eigenvalue weighted by atomic mass is 9.71. The highest BCUT2D eigenvalue weighted by molar-refractivity contribution is 5.96. The molecule has 27 heavy (non-hydrogen) atoms. The number of nitrogens with one attached hydrogen (secondary N) is 1. The van der Waals surface area contributed by atoms with Crippen molar-refractivity contribution >= 4 is 18.3 Å². The first-order chi connectivity index (χ1) is 12.5. The fourth-order valence-corrected chi connectivity index (χ4v) is 4.83. The minimum absolute atomic E-state index is 0. The van der Waals surface area contributed by atoms with Gasteiger partial charge in [-0.2, -0.15) is 0 Å². The first-order valence-electron chi connectivity index (χ1n) is 9.79. The number of likely N-dealkylation sites (tertiary alicyclic amines) is 1. The number of methoxy groups -OCH3 is 1. The predicted molar refractivity (Wildman–Crippen MR) is 109 cm³/mol. The van der Waals surface area contributed by atoms with Crippen molar-refractivity contribution in [1.82, 2.24) is 14.8 Å². The number of aliphatic hydroxyl groups is 1. The molecule has 0 bridgehead atoms. The molecule has 2 fully saturated rings. The van der Waals surface area contributed by atoms with Crippen LogP contribution in [0, 0.1) is 25.2 Å². The average molecular weight is 400 g/mol. The SMILES string of the molecule is COCCCn1c(C)cc(C(=O)N2CC(CO)C3(CCNCC3)C2)c1C.Cl. The molecule has 7 heteroatoms. The van der Waals surface area contributed by atoms with Gasteiger partial charge in [-0.15, -0.1) is 12.4 Å². The van der Waals surface area contributed by atoms with Crippen LogP contribution in [0.1, 0.15) is 41.0 Å². The van der Waals surface area contributed by atoms with E-state index in [0.29, 0.717) is 6.54 Å². The van der Waals surface area contributed by atoms with Crippen molar-refractivity contribution in [3.05, 3.63) is 23.0 Å². The van der Waals surface area contributed by atoms with Crippen LogP contribution in [0.3, 0.4) is 0 Å². The van der Waals surface area contributed by atoms with Crippen LogP contribution >= 0.6 is 12.4 Å². The number of nitrogens with zero attached hydrogens (tertiary/aromatic N) is 2. The number of hydrogen-bond acceptors (Lipinski definition) is 4. The maximum Gasteiger partial charge on any atom is 0.255 e. The van der Waals surface area contributed by atoms with Crippen LogP contribution in [0.25, 0.3) is 0 Å². The third-order valence-electron chi connectivity index (χ3n) is 6.45. The third-order valence-corrected chi connectivity index (χ3v) is 6.45. The summed E-state index contributed by atoms with van der Waals surface area (Å²) in [5, 5.41) is 13.3. The molecule has 0 radical (unpaired) electrons. The van der Waals surface area contributed by atoms with Crippen LogP contribution in [-0.2, 0) is 11.3 Å². The molecule has 3 rings (SSSR count). The first-order valence-corrected chi connectivity index (χ1v) is 9.79. The smallest absolute Gasteiger partial charge is 0.255 e. The second-order valence-electron chi connectivity index (χ2n) is 7.96. The molecular weight excluding hydrogens is 366 g/mol. The van der Waals surface area contributed by atoms with Gasteiger partial charge in [0.1, 0.15) is 0 Å². The molecule has 6 nitrogen and oxygen atoms in total. The number of aromatic nitrogens is 1. The van der Waals surface area contributed by atoms with Crippen molar-refractivity contribution in [3.63, 3.8) is 0 Å². The Morgan fingerprint density at radius 1 is 1.37 bits per heavy atom. The number of halogens is 1. The zero-order valence-corrected chi connectivity index (χ0v) is 17.6. The second kappa shape index (κ2) is 9.41. The van der Waals surface area contributed by atoms with Crippen molar-refractivity contribution in [1.29, 1.82) is 0 Å². The van der Waals surface area contributed by atoms with Crippen LogP contribution in [0.2, 0.25) is 0 Å². The van der Waals surface area contributed by atoms with E-state index in [9.17, 15) is 9.90 Å². The van der Waals surface area contributed by atoms with Crippen LogP contribution in [0.15, 0.2) is 6.07 Å². The van der Waals surface area contributed by atoms with Gasteiger partial charge in [0.05, 0.1) is 5.56 Å². The van der Waals surface area contributed by atoms with Gasteiger partial charge in [0, 0.05) is 57.3 Å². The summed E-state index contributed by atoms with van der Waals surface area (Å²) in [6.45, 7) is 9.25. The average Bonchev–Trinajstić information content (AvgIpc) is 3.13. The highest BCUT2D eigenvalue weighted by Crippen LogP contribution is 2.43. The van der Waals surface area contributed by atoms with Crippen molar-refractivity contribution < 1.29 is 14.6 Å². The van der Waals surface area contributed by atoms with Crippen molar-refractivity contribution in [2.24, 2.45) is 11.3 Å². The number of rotatable bonds is 6. The van der Waals surface area contributed by atoms with E-state index in [2.05, 4.69) is 16.8 Å². The fraction of sp³-hybridized carbons (Fsp3) is 0.750. The van der Waals surface area contributed by atoms with E-state index in [1.807, 2.05) is 17.9 Å². The molecule has 2 aliphatic heterocycles. The normalized spacial score (nSPS) is 21.5. The number of hydrogen-bond donors (Lipinski definition) is 2. The maximum atomic E-state index is 13.2. The van der Waals surface area contributed by atoms with E-state index in [0.717, 1.165) is 69.0 Å². The quantitative estimate of drug-likeness (QED) is 0.718. The molecular formula is C20H34ClN3O3. The molecule has 154 valence electrons. The van der Waals surface area contributed by atoms with E-state index in [1.54, 1.807) is 7.11 Å². The van der Waals surface area contributed by atoms with E-state index in [4.69, 9.17) is 4.74 Å². The van der Waals surface area contributed by atoms with Crippen molar-refractivity contribution in [2.45, 2.75) is 39.7 Å². The summed E-state index contributed by atoms with van der Waals surface area (Å²) in [5.74, 6) is 0.309. The van der Waals surface area contributed by atoms with E-state index >= 15 is 0 Å². The Labute approximate surface area is 168 Å². The summed E-state index contributed by atoms with van der Waals surface area (Å²) >= 11 is 0. The minimum atomic E-state index is 0. The molecule has 0 saturated carbocycles. The Kier molecular flexibility index (Phi) is 7.74. The van der Waals surface area contributed by atoms with Gasteiger partial charge in [0.2, 0.25) is 0 Å². The molecule has 0 aromatic carbocycles. The van der Waals surface area contributed by atoms with Crippen LogP contribution < -0.4 is 5.32 Å². The summed E-state index contributed by atoms with van der Waals surface area (Å²) in [4.78, 5) is 15.2. The number of ether oxygens (including phenoxy) is 1. The summed E-state index contributed by atoms with van der Waals surface area (Å²) in [6.07, 6.45) is 3.02. The van der Waals surface area contributed by atoms with Crippen molar-refractivity contribution in [2.75, 3.05) is 46.5 Å². The Balaban J connectivity index is 0.00000261. The number of carbonyl (C=O) groups excluding carboxylic acids is 1. The molecule has 1 spiro atoms. The number of aryl methyl sites for hydroxylation is 1. The zero-order valence-electron chi connectivity index (χ0n) is 16.8. The number of carbonyl (C=O) groups is 1. The highest BCUT2D eigenvalue weighted by Gasteiger charge is 2.48. The van der Waals surface area contributed by atoms with Gasteiger partial charge in [-0.05, 0) is 57.7 Å². The topological polar surface area (TPSA) is 66.7 Å². The Morgan fingerprint density at radius 2 is 2.07 bits per heavy atom. The predicted octanol–water partition coefficient (Wildman–Crippen LogP) is 2.00. The summed E-state index contributed by atoms with van der Waals surface area (Å²) < 4.78 is 7.36. The molecule has 3 heterocycles. The summed E-state index contributed by atoms with van der Waals surface area (Å²) in [6, 6.07) is 2.02. The Hall–Kier alpha value is -1.08. The standard InChI is InChI=1S/C20H33N3O3.ClH/c1-15-11-18(16(2)23(15)9-4-10-26-3)19(25)22-12-17(13-24)20(14-22)5-7-21-8-6-20;/h11,17,21,24H,4-10,12-14H2,1-3H3;1H. The van der Waals surface area contributed by atoms with E-state index in [1.165, 1.54) is 0 Å². The van der Waals surface area contributed by atoms with Crippen LogP contribution in [-0.4, -0.2) is 67.0 Å². The van der Waals surface area contributed by atoms with Gasteiger partial charge in [0.15, 0.2) is 0 Å². The Bertz CT molecular complexity index is 641. The molecule has 1 aromatic rings. The number of amides is 1. The Morgan fingerprint density at radius 3 is 2.70 bits per heavy atom. The van der Waals surface area contributed by atoms with Gasteiger partial charge in [-0.3, -0.25) is 4.79 Å². The number of aliphatic hydroxyl groups excluding tert-OH is 1. The molecule has 2 N–H and O–H groups in total. The molecule has 2 aliphatic rings. The first kappa shape index (κ1) is 22.2. The van der Waals surface area contributed by atoms with Crippen LogP contribution in [0.5, 0.6) is 0 Å². The van der Waals surface area contributed by atoms with Gasteiger partial charge < -0.3 is 24.6 Å². The molecule has 1 aromatic heterocycles. The monoisotopic (exact) mass is 399 g/mol. The third kappa shape index (κ3) is 4.34. The van der Waals surface area contributed by atoms with Crippen molar-refractivity contribution in [3.8, 4) is 0 Å². The lowest BCUT2D eigenvalue weighted by molar-refractivity contribution is 0.0755. The van der Waals surface area contributed by atoms with Crippen LogP contribution in [0.4, 0.5) is 0 Å². The molecule has 2 saturated heterocycles. The summed E-state index contributed by atoms with van der Waals surface area (Å²) in [5.41, 5.74) is 3.05. The van der Waals surface area contributed by atoms with Gasteiger partial charge in [-0.1, -0.05) is 0 Å². The molecule has 1 unspecified atom stereocenters. The van der Waals surface area contributed by atoms with Gasteiger partial charge in [-0.25, -0.2) is 0 Å². The number of piperidine rings is 1. The minimum Gasteiger partial charge on any atom is -0.396 e. The van der Waals surface area contributed by atoms with Gasteiger partial charge >= 0.3 is 0 Å². The van der Waals surface area contributed by atoms with E-state index in [-0.39, 0.29) is 36.3 Å². The molecule has 1 amide bonds. The molecule has 0 aliphatic carbocycles. The zero-order chi connectivity index (χ0) is 18.7. The van der Waals surface area contributed by atoms with E-state index < -0.39 is 0 Å². The van der Waals surface area contributed by atoms with Gasteiger partial charge in [0.25, 0.3) is 5.91 Å². The maximum absolute atomic E-state index is 13.2. The lowest BCUT2D eigenvalue weighted by Crippen LogP contribution is -2.43. The second-order valence-corrected chi connectivity index (χ2v) is 7.96. The fourth-order valence-electron chi connectivity index (χ4n) is 4.83. The lowest BCUT2D eigenvalue weighted by Gasteiger charge is -2.37. The highest BCUT2D eigenvalue weighted by atomic mass is 35.5. The largest absolute Gasteiger partial charge is 0.396 e. The summed E-state index contributed by atoms with van der Waals surface area (Å²) in [7, 11) is 1.71.